The van der Waals surface area contributed by atoms with Crippen LogP contribution < -0.4 is 9.80 Å². The number of nitrogens with zero attached hydrogens (tertiary/aromatic N) is 3. The van der Waals surface area contributed by atoms with Gasteiger partial charge in [-0.25, -0.2) is 14.1 Å². The molecule has 4 amide bonds. The van der Waals surface area contributed by atoms with Crippen LogP contribution in [0.3, 0.4) is 0 Å². The zero-order valence-corrected chi connectivity index (χ0v) is 16.8. The second kappa shape index (κ2) is 8.10. The van der Waals surface area contributed by atoms with Crippen LogP contribution >= 0.6 is 0 Å². The van der Waals surface area contributed by atoms with Crippen LogP contribution in [-0.2, 0) is 9.59 Å². The minimum Gasteiger partial charge on any atom is -0.360 e. The Kier molecular flexibility index (Phi) is 5.54. The van der Waals surface area contributed by atoms with Crippen molar-refractivity contribution >= 4 is 23.5 Å². The van der Waals surface area contributed by atoms with Crippen molar-refractivity contribution < 1.29 is 23.7 Å². The second-order valence-corrected chi connectivity index (χ2v) is 8.39. The van der Waals surface area contributed by atoms with Crippen molar-refractivity contribution in [1.29, 1.82) is 0 Å². The van der Waals surface area contributed by atoms with Gasteiger partial charge in [-0.3, -0.25) is 14.5 Å². The molecule has 8 heteroatoms. The van der Waals surface area contributed by atoms with Crippen LogP contribution in [0.2, 0.25) is 0 Å². The largest absolute Gasteiger partial charge is 0.360 e. The highest BCUT2D eigenvalue weighted by molar-refractivity contribution is 6.44. The Morgan fingerprint density at radius 2 is 1.66 bits per heavy atom. The average molecular weight is 403 g/mol. The molecule has 0 bridgehead atoms. The van der Waals surface area contributed by atoms with Gasteiger partial charge in [0.05, 0.1) is 26.2 Å². The Balaban J connectivity index is 1.37. The molecule has 2 heterocycles. The zero-order valence-electron chi connectivity index (χ0n) is 16.8. The molecular formula is C21H28FN4O3+. The molecule has 1 aromatic carbocycles. The molecule has 1 aliphatic carbocycles. The van der Waals surface area contributed by atoms with Gasteiger partial charge in [0.1, 0.15) is 5.82 Å². The Morgan fingerprint density at radius 1 is 1.00 bits per heavy atom. The van der Waals surface area contributed by atoms with Crippen molar-refractivity contribution in [3.05, 3.63) is 30.1 Å². The summed E-state index contributed by atoms with van der Waals surface area (Å²) in [5.41, 5.74) is 0.964. The van der Waals surface area contributed by atoms with Crippen LogP contribution in [0.4, 0.5) is 14.9 Å². The number of hydrogen-bond donors (Lipinski definition) is 1. The van der Waals surface area contributed by atoms with Crippen molar-refractivity contribution in [2.24, 2.45) is 5.92 Å². The highest BCUT2D eigenvalue weighted by Gasteiger charge is 2.50. The molecule has 4 rings (SSSR count). The van der Waals surface area contributed by atoms with Crippen LogP contribution in [-0.4, -0.2) is 66.5 Å². The molecule has 7 nitrogen and oxygen atoms in total. The topological polar surface area (TPSA) is 65.4 Å². The zero-order chi connectivity index (χ0) is 20.5. The van der Waals surface area contributed by atoms with Gasteiger partial charge >= 0.3 is 17.8 Å². The van der Waals surface area contributed by atoms with Crippen molar-refractivity contribution in [2.75, 3.05) is 37.7 Å². The van der Waals surface area contributed by atoms with E-state index >= 15 is 0 Å². The molecule has 0 unspecified atom stereocenters. The Bertz CT molecular complexity index is 792. The first-order valence-corrected chi connectivity index (χ1v) is 10.5. The smallest absolute Gasteiger partial charge is 0.338 e. The van der Waals surface area contributed by atoms with Gasteiger partial charge in [0.25, 0.3) is 0 Å². The Morgan fingerprint density at radius 3 is 2.31 bits per heavy atom. The summed E-state index contributed by atoms with van der Waals surface area (Å²) in [6, 6.07) is 5.80. The van der Waals surface area contributed by atoms with Gasteiger partial charge < -0.3 is 9.80 Å². The number of anilines is 1. The predicted molar refractivity (Wildman–Crippen MR) is 105 cm³/mol. The molecule has 2 aliphatic heterocycles. The number of carbonyl (C=O) groups excluding carboxylic acids is 3. The maximum Gasteiger partial charge on any atom is 0.338 e. The van der Waals surface area contributed by atoms with E-state index in [0.29, 0.717) is 0 Å². The van der Waals surface area contributed by atoms with E-state index in [0.717, 1.165) is 67.3 Å². The molecular weight excluding hydrogens is 375 g/mol. The average Bonchev–Trinajstić information content (AvgIpc) is 2.93. The van der Waals surface area contributed by atoms with Gasteiger partial charge in [-0.05, 0) is 43.0 Å². The van der Waals surface area contributed by atoms with Gasteiger partial charge in [-0.1, -0.05) is 19.8 Å². The SMILES string of the molecule is C[C@H]1CCCC[C@@H]1N1C(=O)C(=O)N(C[NH+]2CCN(c3ccc(F)cc3)CC2)C1=O. The summed E-state index contributed by atoms with van der Waals surface area (Å²) in [7, 11) is 0. The molecule has 0 aromatic heterocycles. The van der Waals surface area contributed by atoms with Crippen LogP contribution in [0.5, 0.6) is 0 Å². The normalized spacial score (nSPS) is 26.6. The molecule has 2 saturated heterocycles. The summed E-state index contributed by atoms with van der Waals surface area (Å²) in [4.78, 5) is 43.6. The third kappa shape index (κ3) is 3.85. The van der Waals surface area contributed by atoms with Gasteiger partial charge in [-0.15, -0.1) is 0 Å². The Hall–Kier alpha value is -2.48. The van der Waals surface area contributed by atoms with Gasteiger partial charge in [0.15, 0.2) is 6.67 Å². The minimum absolute atomic E-state index is 0.164. The number of benzene rings is 1. The van der Waals surface area contributed by atoms with E-state index in [-0.39, 0.29) is 24.4 Å². The lowest BCUT2D eigenvalue weighted by atomic mass is 9.85. The van der Waals surface area contributed by atoms with E-state index < -0.39 is 17.8 Å². The highest BCUT2D eigenvalue weighted by atomic mass is 19.1. The third-order valence-corrected chi connectivity index (χ3v) is 6.53. The van der Waals surface area contributed by atoms with Crippen molar-refractivity contribution in [3.63, 3.8) is 0 Å². The first-order valence-electron chi connectivity index (χ1n) is 10.5. The fourth-order valence-electron chi connectivity index (χ4n) is 4.75. The van der Waals surface area contributed by atoms with Gasteiger partial charge in [0, 0.05) is 11.7 Å². The molecule has 3 fully saturated rings. The number of urea groups is 1. The number of hydrogen-bond acceptors (Lipinski definition) is 4. The summed E-state index contributed by atoms with van der Waals surface area (Å²) in [5.74, 6) is -1.39. The molecule has 3 aliphatic rings. The number of halogens is 1. The number of imide groups is 2. The van der Waals surface area contributed by atoms with Crippen molar-refractivity contribution in [2.45, 2.75) is 38.6 Å². The van der Waals surface area contributed by atoms with Crippen LogP contribution in [0, 0.1) is 11.7 Å². The number of carbonyl (C=O) groups is 3. The molecule has 156 valence electrons. The lowest BCUT2D eigenvalue weighted by Gasteiger charge is -2.35. The quantitative estimate of drug-likeness (QED) is 0.598. The number of piperazine rings is 1. The van der Waals surface area contributed by atoms with E-state index in [1.807, 2.05) is 0 Å². The highest BCUT2D eigenvalue weighted by Crippen LogP contribution is 2.30. The molecule has 1 N–H and O–H groups in total. The molecule has 29 heavy (non-hydrogen) atoms. The summed E-state index contributed by atoms with van der Waals surface area (Å²) in [5, 5.41) is 0. The fourth-order valence-corrected chi connectivity index (χ4v) is 4.75. The molecule has 0 radical (unpaired) electrons. The van der Waals surface area contributed by atoms with E-state index in [9.17, 15) is 18.8 Å². The van der Waals surface area contributed by atoms with E-state index in [1.54, 1.807) is 12.1 Å². The Labute approximate surface area is 170 Å². The first kappa shape index (κ1) is 19.8. The number of nitrogens with one attached hydrogen (secondary N) is 1. The molecule has 0 spiro atoms. The summed E-state index contributed by atoms with van der Waals surface area (Å²) in [6.07, 6.45) is 3.85. The summed E-state index contributed by atoms with van der Waals surface area (Å²) in [6.45, 7) is 5.24. The van der Waals surface area contributed by atoms with E-state index in [1.165, 1.54) is 17.0 Å². The lowest BCUT2D eigenvalue weighted by molar-refractivity contribution is -0.907. The lowest BCUT2D eigenvalue weighted by Crippen LogP contribution is -3.16. The van der Waals surface area contributed by atoms with Crippen LogP contribution in [0.1, 0.15) is 32.6 Å². The molecule has 1 aromatic rings. The summed E-state index contributed by atoms with van der Waals surface area (Å²) < 4.78 is 13.1. The monoisotopic (exact) mass is 403 g/mol. The first-order chi connectivity index (χ1) is 14.0. The van der Waals surface area contributed by atoms with Crippen LogP contribution in [0.25, 0.3) is 0 Å². The number of quaternary nitrogens is 1. The maximum absolute atomic E-state index is 13.1. The van der Waals surface area contributed by atoms with E-state index in [2.05, 4.69) is 11.8 Å². The minimum atomic E-state index is -0.693. The van der Waals surface area contributed by atoms with Crippen LogP contribution in [0.15, 0.2) is 24.3 Å². The fraction of sp³-hybridized carbons (Fsp3) is 0.571. The number of amides is 4. The second-order valence-electron chi connectivity index (χ2n) is 8.39. The third-order valence-electron chi connectivity index (χ3n) is 6.53. The predicted octanol–water partition coefficient (Wildman–Crippen LogP) is 0.858. The van der Waals surface area contributed by atoms with Gasteiger partial charge in [0.2, 0.25) is 0 Å². The molecule has 2 atom stereocenters. The van der Waals surface area contributed by atoms with Crippen molar-refractivity contribution in [3.8, 4) is 0 Å². The maximum atomic E-state index is 13.1. The van der Waals surface area contributed by atoms with Gasteiger partial charge in [-0.2, -0.15) is 0 Å². The standard InChI is InChI=1S/C21H27FN4O3/c1-15-4-2-3-5-18(15)26-20(28)19(27)25(21(26)29)14-23-10-12-24(13-11-23)17-8-6-16(22)7-9-17/h6-9,15,18H,2-5,10-14H2,1H3/p+1/t15-,18-/m0/s1. The van der Waals surface area contributed by atoms with E-state index in [4.69, 9.17) is 0 Å². The van der Waals surface area contributed by atoms with Crippen molar-refractivity contribution in [1.82, 2.24) is 9.80 Å². The molecule has 1 saturated carbocycles. The summed E-state index contributed by atoms with van der Waals surface area (Å²) >= 11 is 0. The number of rotatable bonds is 4.